The molecule has 0 aromatic heterocycles. The summed E-state index contributed by atoms with van der Waals surface area (Å²) < 4.78 is 15.3. The van der Waals surface area contributed by atoms with Crippen LogP contribution in [0.15, 0.2) is 18.2 Å². The van der Waals surface area contributed by atoms with Gasteiger partial charge in [-0.3, -0.25) is 4.90 Å². The van der Waals surface area contributed by atoms with Gasteiger partial charge in [0.05, 0.1) is 32.1 Å². The number of benzene rings is 1. The predicted octanol–water partition coefficient (Wildman–Crippen LogP) is 1.30. The topological polar surface area (TPSA) is 77.2 Å². The number of hydrogen-bond donors (Lipinski definition) is 2. The van der Waals surface area contributed by atoms with E-state index in [9.17, 15) is 5.11 Å². The van der Waals surface area contributed by atoms with Crippen molar-refractivity contribution in [3.8, 4) is 5.75 Å². The summed E-state index contributed by atoms with van der Waals surface area (Å²) in [6.45, 7) is 3.72. The Morgan fingerprint density at radius 2 is 1.73 bits per heavy atom. The summed E-state index contributed by atoms with van der Waals surface area (Å²) in [5.41, 5.74) is 7.22. The van der Waals surface area contributed by atoms with E-state index in [1.165, 1.54) is 0 Å². The molecule has 22 heavy (non-hydrogen) atoms. The van der Waals surface area contributed by atoms with Crippen LogP contribution in [-0.2, 0) is 9.47 Å². The van der Waals surface area contributed by atoms with E-state index in [1.807, 2.05) is 6.07 Å². The van der Waals surface area contributed by atoms with E-state index in [-0.39, 0.29) is 0 Å². The van der Waals surface area contributed by atoms with Crippen LogP contribution in [0.25, 0.3) is 0 Å². The molecule has 0 heterocycles. The zero-order valence-corrected chi connectivity index (χ0v) is 13.7. The fourth-order valence-corrected chi connectivity index (χ4v) is 2.21. The Balaban J connectivity index is 2.54. The molecule has 6 nitrogen and oxygen atoms in total. The van der Waals surface area contributed by atoms with E-state index in [4.69, 9.17) is 19.9 Å². The molecule has 1 atom stereocenters. The highest BCUT2D eigenvalue weighted by atomic mass is 16.5. The fourth-order valence-electron chi connectivity index (χ4n) is 2.21. The minimum Gasteiger partial charge on any atom is -0.495 e. The van der Waals surface area contributed by atoms with Crippen molar-refractivity contribution in [3.63, 3.8) is 0 Å². The summed E-state index contributed by atoms with van der Waals surface area (Å²) in [4.78, 5) is 2.21. The van der Waals surface area contributed by atoms with Crippen LogP contribution < -0.4 is 10.5 Å². The summed E-state index contributed by atoms with van der Waals surface area (Å²) in [5.74, 6) is 0.623. The monoisotopic (exact) mass is 312 g/mol. The van der Waals surface area contributed by atoms with Gasteiger partial charge in [0.1, 0.15) is 5.75 Å². The van der Waals surface area contributed by atoms with Crippen LogP contribution in [0, 0.1) is 0 Å². The molecule has 6 heteroatoms. The van der Waals surface area contributed by atoms with Gasteiger partial charge in [-0.1, -0.05) is 6.07 Å². The van der Waals surface area contributed by atoms with E-state index in [0.717, 1.165) is 25.2 Å². The van der Waals surface area contributed by atoms with Crippen molar-refractivity contribution in [2.75, 3.05) is 59.9 Å². The maximum absolute atomic E-state index is 10.3. The van der Waals surface area contributed by atoms with Crippen molar-refractivity contribution in [1.29, 1.82) is 0 Å². The third-order valence-electron chi connectivity index (χ3n) is 3.58. The van der Waals surface area contributed by atoms with Crippen LogP contribution >= 0.6 is 0 Å². The van der Waals surface area contributed by atoms with Gasteiger partial charge in [-0.2, -0.15) is 0 Å². The summed E-state index contributed by atoms with van der Waals surface area (Å²) in [6, 6.07) is 5.38. The molecule has 0 saturated carbocycles. The van der Waals surface area contributed by atoms with E-state index in [2.05, 4.69) is 4.90 Å². The second kappa shape index (κ2) is 10.4. The van der Waals surface area contributed by atoms with Gasteiger partial charge < -0.3 is 25.1 Å². The van der Waals surface area contributed by atoms with Crippen molar-refractivity contribution in [2.45, 2.75) is 12.5 Å². The number of methoxy groups -OCH3 is 3. The molecule has 1 unspecified atom stereocenters. The summed E-state index contributed by atoms with van der Waals surface area (Å²) in [6.07, 6.45) is 0.0694. The summed E-state index contributed by atoms with van der Waals surface area (Å²) in [5, 5.41) is 10.3. The lowest BCUT2D eigenvalue weighted by Gasteiger charge is -2.23. The van der Waals surface area contributed by atoms with Crippen LogP contribution in [0.2, 0.25) is 0 Å². The molecule has 0 aliphatic heterocycles. The molecule has 0 spiro atoms. The lowest BCUT2D eigenvalue weighted by Crippen LogP contribution is -2.32. The van der Waals surface area contributed by atoms with Crippen LogP contribution in [0.3, 0.4) is 0 Å². The van der Waals surface area contributed by atoms with Gasteiger partial charge in [0, 0.05) is 33.9 Å². The number of aliphatic hydroxyl groups excluding tert-OH is 1. The molecular formula is C16H28N2O4. The molecule has 0 amide bonds. The Morgan fingerprint density at radius 1 is 1.09 bits per heavy atom. The Kier molecular flexibility index (Phi) is 8.84. The van der Waals surface area contributed by atoms with Crippen molar-refractivity contribution < 1.29 is 19.3 Å². The lowest BCUT2D eigenvalue weighted by atomic mass is 10.1. The standard InChI is InChI=1S/C16H28N2O4/c1-20-10-8-18(9-11-21-2)7-6-15(19)13-4-5-16(22-3)14(17)12-13/h4-5,12,15,19H,6-11,17H2,1-3H3. The van der Waals surface area contributed by atoms with Gasteiger partial charge in [-0.25, -0.2) is 0 Å². The number of rotatable bonds is 11. The first-order valence-electron chi connectivity index (χ1n) is 7.44. The molecule has 0 aliphatic carbocycles. The highest BCUT2D eigenvalue weighted by molar-refractivity contribution is 5.54. The van der Waals surface area contributed by atoms with Crippen LogP contribution in [0.1, 0.15) is 18.1 Å². The molecule has 0 saturated heterocycles. The third-order valence-corrected chi connectivity index (χ3v) is 3.58. The summed E-state index contributed by atoms with van der Waals surface area (Å²) in [7, 11) is 4.94. The van der Waals surface area contributed by atoms with Gasteiger partial charge in [-0.05, 0) is 24.1 Å². The first kappa shape index (κ1) is 18.7. The number of nitrogens with zero attached hydrogens (tertiary/aromatic N) is 1. The molecule has 126 valence electrons. The molecule has 0 radical (unpaired) electrons. The quantitative estimate of drug-likeness (QED) is 0.600. The van der Waals surface area contributed by atoms with Gasteiger partial charge >= 0.3 is 0 Å². The van der Waals surface area contributed by atoms with Crippen LogP contribution in [0.5, 0.6) is 5.75 Å². The van der Waals surface area contributed by atoms with Gasteiger partial charge in [0.2, 0.25) is 0 Å². The van der Waals surface area contributed by atoms with Gasteiger partial charge in [0.15, 0.2) is 0 Å². The molecule has 1 rings (SSSR count). The number of nitrogens with two attached hydrogens (primary N) is 1. The van der Waals surface area contributed by atoms with Crippen molar-refractivity contribution in [2.24, 2.45) is 0 Å². The minimum absolute atomic E-state index is 0.537. The number of aliphatic hydroxyl groups is 1. The molecule has 3 N–H and O–H groups in total. The molecule has 1 aromatic rings. The smallest absolute Gasteiger partial charge is 0.141 e. The maximum Gasteiger partial charge on any atom is 0.141 e. The number of ether oxygens (including phenoxy) is 3. The zero-order chi connectivity index (χ0) is 16.4. The Morgan fingerprint density at radius 3 is 2.23 bits per heavy atom. The van der Waals surface area contributed by atoms with E-state index in [0.29, 0.717) is 31.1 Å². The van der Waals surface area contributed by atoms with Crippen molar-refractivity contribution in [1.82, 2.24) is 4.90 Å². The Hall–Kier alpha value is -1.34. The average molecular weight is 312 g/mol. The molecular weight excluding hydrogens is 284 g/mol. The lowest BCUT2D eigenvalue weighted by molar-refractivity contribution is 0.0945. The zero-order valence-electron chi connectivity index (χ0n) is 13.7. The van der Waals surface area contributed by atoms with Crippen molar-refractivity contribution >= 4 is 5.69 Å². The first-order valence-corrected chi connectivity index (χ1v) is 7.44. The Bertz CT molecular complexity index is 421. The number of anilines is 1. The number of hydrogen-bond acceptors (Lipinski definition) is 6. The van der Waals surface area contributed by atoms with E-state index < -0.39 is 6.10 Å². The number of nitrogen functional groups attached to an aromatic ring is 1. The fraction of sp³-hybridized carbons (Fsp3) is 0.625. The molecule has 0 aliphatic rings. The molecule has 0 bridgehead atoms. The first-order chi connectivity index (χ1) is 10.6. The van der Waals surface area contributed by atoms with Crippen LogP contribution in [-0.4, -0.2) is 64.2 Å². The van der Waals surface area contributed by atoms with E-state index in [1.54, 1.807) is 33.5 Å². The van der Waals surface area contributed by atoms with Crippen LogP contribution in [0.4, 0.5) is 5.69 Å². The average Bonchev–Trinajstić information content (AvgIpc) is 2.53. The minimum atomic E-state index is -0.555. The SMILES string of the molecule is COCCN(CCOC)CCC(O)c1ccc(OC)c(N)c1. The predicted molar refractivity (Wildman–Crippen MR) is 87.2 cm³/mol. The largest absolute Gasteiger partial charge is 0.495 e. The highest BCUT2D eigenvalue weighted by Gasteiger charge is 2.12. The molecule has 1 aromatic carbocycles. The molecule has 0 fully saturated rings. The van der Waals surface area contributed by atoms with Crippen molar-refractivity contribution in [3.05, 3.63) is 23.8 Å². The second-order valence-corrected chi connectivity index (χ2v) is 5.13. The third kappa shape index (κ3) is 6.19. The summed E-state index contributed by atoms with van der Waals surface area (Å²) >= 11 is 0. The highest BCUT2D eigenvalue weighted by Crippen LogP contribution is 2.26. The van der Waals surface area contributed by atoms with Gasteiger partial charge in [0.25, 0.3) is 0 Å². The normalized spacial score (nSPS) is 12.6. The maximum atomic E-state index is 10.3. The van der Waals surface area contributed by atoms with Gasteiger partial charge in [-0.15, -0.1) is 0 Å². The second-order valence-electron chi connectivity index (χ2n) is 5.13. The van der Waals surface area contributed by atoms with E-state index >= 15 is 0 Å². The Labute approximate surface area is 132 Å².